The molecule has 6 heteroatoms. The van der Waals surface area contributed by atoms with E-state index >= 15 is 0 Å². The Bertz CT molecular complexity index is 705. The zero-order valence-electron chi connectivity index (χ0n) is 12.5. The number of aromatic nitrogens is 1. The summed E-state index contributed by atoms with van der Waals surface area (Å²) in [5.74, 6) is 0.117. The number of likely N-dealkylation sites (N-methyl/N-ethyl adjacent to an activating group) is 1. The van der Waals surface area contributed by atoms with Gasteiger partial charge < -0.3 is 10.0 Å². The first-order chi connectivity index (χ1) is 10.7. The molecule has 1 aromatic carbocycles. The number of benzene rings is 1. The number of rotatable bonds is 3. The lowest BCUT2D eigenvalue weighted by molar-refractivity contribution is 0.150. The topological polar surface area (TPSA) is 63.4 Å². The minimum Gasteiger partial charge on any atom is -0.509 e. The predicted octanol–water partition coefficient (Wildman–Crippen LogP) is 2.34. The Morgan fingerprint density at radius 1 is 1.32 bits per heavy atom. The molecule has 0 radical (unpaired) electrons. The molecule has 114 valence electrons. The maximum atomic E-state index is 10.4. The van der Waals surface area contributed by atoms with Crippen LogP contribution in [0.15, 0.2) is 30.0 Å². The van der Waals surface area contributed by atoms with Crippen LogP contribution in [0.4, 0.5) is 0 Å². The lowest BCUT2D eigenvalue weighted by atomic mass is 10.2. The van der Waals surface area contributed by atoms with Gasteiger partial charge in [-0.2, -0.15) is 5.26 Å². The Morgan fingerprint density at radius 2 is 2.05 bits per heavy atom. The standard InChI is InChI=1S/C16H18N4OS/c1-19-6-8-20(9-7-19)11-14(21)12(10-17)16-18-13-4-2-3-5-15(13)22-16/h2-5,21H,6-9,11H2,1H3. The average Bonchev–Trinajstić information content (AvgIpc) is 2.94. The van der Waals surface area contributed by atoms with E-state index in [1.165, 1.54) is 11.3 Å². The number of thiazole rings is 1. The van der Waals surface area contributed by atoms with E-state index in [4.69, 9.17) is 0 Å². The summed E-state index contributed by atoms with van der Waals surface area (Å²) in [6.07, 6.45) is 0. The van der Waals surface area contributed by atoms with Crippen molar-refractivity contribution in [1.82, 2.24) is 14.8 Å². The van der Waals surface area contributed by atoms with Gasteiger partial charge in [-0.05, 0) is 19.2 Å². The maximum Gasteiger partial charge on any atom is 0.138 e. The van der Waals surface area contributed by atoms with Crippen molar-refractivity contribution in [3.8, 4) is 6.07 Å². The van der Waals surface area contributed by atoms with Crippen LogP contribution in [-0.4, -0.2) is 59.7 Å². The van der Waals surface area contributed by atoms with E-state index < -0.39 is 0 Å². The molecule has 0 unspecified atom stereocenters. The summed E-state index contributed by atoms with van der Waals surface area (Å²) in [5, 5.41) is 20.4. The van der Waals surface area contributed by atoms with Crippen LogP contribution in [0.3, 0.4) is 0 Å². The molecule has 5 nitrogen and oxygen atoms in total. The summed E-state index contributed by atoms with van der Waals surface area (Å²) in [6, 6.07) is 9.88. The van der Waals surface area contributed by atoms with Gasteiger partial charge in [-0.25, -0.2) is 4.98 Å². The smallest absolute Gasteiger partial charge is 0.138 e. The van der Waals surface area contributed by atoms with Crippen LogP contribution >= 0.6 is 11.3 Å². The summed E-state index contributed by atoms with van der Waals surface area (Å²) in [4.78, 5) is 8.89. The fraction of sp³-hybridized carbons (Fsp3) is 0.375. The molecular formula is C16H18N4OS. The molecule has 0 atom stereocenters. The minimum atomic E-state index is 0.117. The Labute approximate surface area is 133 Å². The predicted molar refractivity (Wildman–Crippen MR) is 88.7 cm³/mol. The van der Waals surface area contributed by atoms with Crippen molar-refractivity contribution in [2.24, 2.45) is 0 Å². The van der Waals surface area contributed by atoms with E-state index in [0.717, 1.165) is 36.4 Å². The van der Waals surface area contributed by atoms with Crippen molar-refractivity contribution in [1.29, 1.82) is 5.26 Å². The van der Waals surface area contributed by atoms with Gasteiger partial charge >= 0.3 is 0 Å². The maximum absolute atomic E-state index is 10.4. The molecule has 22 heavy (non-hydrogen) atoms. The van der Waals surface area contributed by atoms with E-state index in [1.807, 2.05) is 24.3 Å². The number of piperazine rings is 1. The van der Waals surface area contributed by atoms with Gasteiger partial charge in [0.1, 0.15) is 22.4 Å². The molecule has 3 rings (SSSR count). The first-order valence-corrected chi connectivity index (χ1v) is 8.08. The fourth-order valence-corrected chi connectivity index (χ4v) is 3.49. The monoisotopic (exact) mass is 314 g/mol. The van der Waals surface area contributed by atoms with Crippen LogP contribution in [0.2, 0.25) is 0 Å². The summed E-state index contributed by atoms with van der Waals surface area (Å²) in [5.41, 5.74) is 1.16. The molecule has 0 bridgehead atoms. The number of hydrogen-bond donors (Lipinski definition) is 1. The summed E-state index contributed by atoms with van der Waals surface area (Å²) >= 11 is 1.44. The molecular weight excluding hydrogens is 296 g/mol. The van der Waals surface area contributed by atoms with Crippen LogP contribution < -0.4 is 0 Å². The Morgan fingerprint density at radius 3 is 2.73 bits per heavy atom. The summed E-state index contributed by atoms with van der Waals surface area (Å²) < 4.78 is 1.03. The fourth-order valence-electron chi connectivity index (χ4n) is 2.51. The van der Waals surface area contributed by atoms with Crippen molar-refractivity contribution in [2.75, 3.05) is 39.8 Å². The summed E-state index contributed by atoms with van der Waals surface area (Å²) in [6.45, 7) is 4.18. The van der Waals surface area contributed by atoms with Gasteiger partial charge in [0.2, 0.25) is 0 Å². The van der Waals surface area contributed by atoms with Crippen molar-refractivity contribution in [3.63, 3.8) is 0 Å². The Balaban J connectivity index is 1.83. The SMILES string of the molecule is CN1CCN(CC(O)=C(C#N)c2nc3ccccc3s2)CC1. The number of aliphatic hydroxyl groups is 1. The third-order valence-electron chi connectivity index (χ3n) is 3.88. The molecule has 1 aliphatic rings. The highest BCUT2D eigenvalue weighted by Crippen LogP contribution is 2.28. The number of nitrogens with zero attached hydrogens (tertiary/aromatic N) is 4. The number of hydrogen-bond acceptors (Lipinski definition) is 6. The molecule has 0 spiro atoms. The van der Waals surface area contributed by atoms with E-state index in [-0.39, 0.29) is 5.76 Å². The molecule has 2 heterocycles. The minimum absolute atomic E-state index is 0.117. The van der Waals surface area contributed by atoms with Gasteiger partial charge in [0.05, 0.1) is 16.8 Å². The average molecular weight is 314 g/mol. The van der Waals surface area contributed by atoms with Gasteiger partial charge in [-0.3, -0.25) is 4.90 Å². The van der Waals surface area contributed by atoms with Crippen molar-refractivity contribution in [2.45, 2.75) is 0 Å². The van der Waals surface area contributed by atoms with Gasteiger partial charge in [0.15, 0.2) is 0 Å². The second-order valence-corrected chi connectivity index (χ2v) is 6.53. The molecule has 1 fully saturated rings. The number of allylic oxidation sites excluding steroid dienone is 1. The molecule has 0 saturated carbocycles. The van der Waals surface area contributed by atoms with Crippen molar-refractivity contribution >= 4 is 27.1 Å². The molecule has 1 saturated heterocycles. The highest BCUT2D eigenvalue weighted by Gasteiger charge is 2.19. The van der Waals surface area contributed by atoms with Crippen LogP contribution in [0, 0.1) is 11.3 Å². The van der Waals surface area contributed by atoms with Gasteiger partial charge in [-0.15, -0.1) is 11.3 Å². The third-order valence-corrected chi connectivity index (χ3v) is 4.93. The van der Waals surface area contributed by atoms with Crippen LogP contribution in [0.25, 0.3) is 15.8 Å². The van der Waals surface area contributed by atoms with Gasteiger partial charge in [0, 0.05) is 26.2 Å². The van der Waals surface area contributed by atoms with Gasteiger partial charge in [-0.1, -0.05) is 12.1 Å². The summed E-state index contributed by atoms with van der Waals surface area (Å²) in [7, 11) is 2.09. The van der Waals surface area contributed by atoms with Crippen LogP contribution in [0.1, 0.15) is 5.01 Å². The van der Waals surface area contributed by atoms with Crippen LogP contribution in [-0.2, 0) is 0 Å². The number of para-hydroxylation sites is 1. The molecule has 0 amide bonds. The molecule has 2 aromatic rings. The lowest BCUT2D eigenvalue weighted by Crippen LogP contribution is -2.45. The second-order valence-electron chi connectivity index (χ2n) is 5.50. The van der Waals surface area contributed by atoms with E-state index in [1.54, 1.807) is 0 Å². The van der Waals surface area contributed by atoms with E-state index in [0.29, 0.717) is 17.1 Å². The van der Waals surface area contributed by atoms with E-state index in [2.05, 4.69) is 27.9 Å². The molecule has 1 aliphatic heterocycles. The Kier molecular flexibility index (Phi) is 4.39. The zero-order chi connectivity index (χ0) is 15.5. The zero-order valence-corrected chi connectivity index (χ0v) is 13.3. The number of nitriles is 1. The quantitative estimate of drug-likeness (QED) is 0.696. The van der Waals surface area contributed by atoms with Gasteiger partial charge in [0.25, 0.3) is 0 Å². The molecule has 0 aliphatic carbocycles. The Hall–Kier alpha value is -1.94. The van der Waals surface area contributed by atoms with Crippen LogP contribution in [0.5, 0.6) is 0 Å². The van der Waals surface area contributed by atoms with Crippen molar-refractivity contribution < 1.29 is 5.11 Å². The molecule has 1 N–H and O–H groups in total. The molecule has 1 aromatic heterocycles. The van der Waals surface area contributed by atoms with Crippen molar-refractivity contribution in [3.05, 3.63) is 35.0 Å². The first-order valence-electron chi connectivity index (χ1n) is 7.26. The number of fused-ring (bicyclic) bond motifs is 1. The largest absolute Gasteiger partial charge is 0.509 e. The highest BCUT2D eigenvalue weighted by molar-refractivity contribution is 7.19. The normalized spacial score (nSPS) is 18.2. The van der Waals surface area contributed by atoms with E-state index in [9.17, 15) is 10.4 Å². The third kappa shape index (κ3) is 3.12. The number of aliphatic hydroxyl groups excluding tert-OH is 1. The first kappa shape index (κ1) is 15.0. The lowest BCUT2D eigenvalue weighted by Gasteiger charge is -2.32. The highest BCUT2D eigenvalue weighted by atomic mass is 32.1. The second kappa shape index (κ2) is 6.44.